The van der Waals surface area contributed by atoms with Crippen LogP contribution in [0.15, 0.2) is 6.07 Å². The maximum Gasteiger partial charge on any atom is 0.410 e. The van der Waals surface area contributed by atoms with Crippen molar-refractivity contribution in [2.45, 2.75) is 66.4 Å². The van der Waals surface area contributed by atoms with Crippen LogP contribution in [0.2, 0.25) is 0 Å². The molecule has 5 heteroatoms. The number of anilines is 1. The van der Waals surface area contributed by atoms with E-state index in [-0.39, 0.29) is 6.09 Å². The Morgan fingerprint density at radius 2 is 1.96 bits per heavy atom. The van der Waals surface area contributed by atoms with Crippen molar-refractivity contribution in [2.24, 2.45) is 5.92 Å². The van der Waals surface area contributed by atoms with E-state index in [0.717, 1.165) is 38.3 Å². The second-order valence-electron chi connectivity index (χ2n) is 9.26. The van der Waals surface area contributed by atoms with E-state index in [9.17, 15) is 4.79 Å². The maximum absolute atomic E-state index is 12.5. The molecule has 1 aromatic rings. The van der Waals surface area contributed by atoms with Crippen molar-refractivity contribution in [3.63, 3.8) is 0 Å². The third-order valence-electron chi connectivity index (χ3n) is 5.83. The minimum absolute atomic E-state index is 0.211. The molecule has 0 aliphatic carbocycles. The van der Waals surface area contributed by atoms with E-state index < -0.39 is 5.60 Å². The van der Waals surface area contributed by atoms with Gasteiger partial charge >= 0.3 is 6.09 Å². The van der Waals surface area contributed by atoms with Gasteiger partial charge in [-0.1, -0.05) is 20.3 Å². The van der Waals surface area contributed by atoms with Gasteiger partial charge in [0, 0.05) is 19.6 Å². The Kier molecular flexibility index (Phi) is 6.11. The molecule has 28 heavy (non-hydrogen) atoms. The van der Waals surface area contributed by atoms with Gasteiger partial charge in [0.15, 0.2) is 0 Å². The molecule has 0 fully saturated rings. The number of amides is 1. The number of hydrogen-bond donors (Lipinski definition) is 0. The second kappa shape index (κ2) is 8.22. The van der Waals surface area contributed by atoms with E-state index in [1.165, 1.54) is 28.8 Å². The fourth-order valence-electron chi connectivity index (χ4n) is 4.14. The molecule has 2 aliphatic rings. The van der Waals surface area contributed by atoms with Gasteiger partial charge < -0.3 is 19.3 Å². The third-order valence-corrected chi connectivity index (χ3v) is 5.83. The molecule has 156 valence electrons. The van der Waals surface area contributed by atoms with Crippen LogP contribution in [-0.4, -0.2) is 49.4 Å². The first-order valence-electron chi connectivity index (χ1n) is 10.7. The molecule has 1 aromatic carbocycles. The number of carbonyl (C=O) groups is 1. The Bertz CT molecular complexity index is 724. The van der Waals surface area contributed by atoms with Gasteiger partial charge in [-0.2, -0.15) is 0 Å². The number of carbonyl (C=O) groups excluding carboxylic acids is 1. The van der Waals surface area contributed by atoms with Crippen molar-refractivity contribution in [1.82, 2.24) is 4.90 Å². The highest BCUT2D eigenvalue weighted by molar-refractivity contribution is 5.71. The Hall–Kier alpha value is -1.91. The van der Waals surface area contributed by atoms with Crippen molar-refractivity contribution < 1.29 is 14.3 Å². The van der Waals surface area contributed by atoms with E-state index in [0.29, 0.717) is 19.0 Å². The fraction of sp³-hybridized carbons (Fsp3) is 0.696. The molecule has 5 nitrogen and oxygen atoms in total. The highest BCUT2D eigenvalue weighted by atomic mass is 16.6. The van der Waals surface area contributed by atoms with Crippen molar-refractivity contribution in [3.05, 3.63) is 22.8 Å². The lowest BCUT2D eigenvalue weighted by Crippen LogP contribution is -2.38. The van der Waals surface area contributed by atoms with Crippen LogP contribution in [0.3, 0.4) is 0 Å². The van der Waals surface area contributed by atoms with Crippen LogP contribution in [0.1, 0.15) is 57.7 Å². The zero-order chi connectivity index (χ0) is 20.5. The summed E-state index contributed by atoms with van der Waals surface area (Å²) in [6.07, 6.45) is 2.68. The van der Waals surface area contributed by atoms with Gasteiger partial charge in [-0.25, -0.2) is 4.79 Å². The lowest BCUT2D eigenvalue weighted by Gasteiger charge is -2.35. The predicted molar refractivity (Wildman–Crippen MR) is 114 cm³/mol. The first-order chi connectivity index (χ1) is 13.2. The smallest absolute Gasteiger partial charge is 0.410 e. The zero-order valence-electron chi connectivity index (χ0n) is 18.4. The summed E-state index contributed by atoms with van der Waals surface area (Å²) >= 11 is 0. The minimum atomic E-state index is -0.463. The van der Waals surface area contributed by atoms with E-state index >= 15 is 0 Å². The quantitative estimate of drug-likeness (QED) is 0.760. The van der Waals surface area contributed by atoms with Crippen LogP contribution >= 0.6 is 0 Å². The van der Waals surface area contributed by atoms with Crippen molar-refractivity contribution >= 4 is 11.8 Å². The Morgan fingerprint density at radius 3 is 2.64 bits per heavy atom. The molecule has 3 rings (SSSR count). The van der Waals surface area contributed by atoms with Crippen LogP contribution in [0, 0.1) is 12.8 Å². The van der Waals surface area contributed by atoms with Crippen LogP contribution < -0.4 is 9.64 Å². The summed E-state index contributed by atoms with van der Waals surface area (Å²) < 4.78 is 11.6. The topological polar surface area (TPSA) is 42.0 Å². The van der Waals surface area contributed by atoms with Gasteiger partial charge in [0.05, 0.1) is 12.2 Å². The SMILES string of the molecule is CC[C@H](C)CN1CCOc2cc3c(c(C)c21)CCN(C(=O)OC(C)(C)C)CC3. The molecule has 2 heterocycles. The van der Waals surface area contributed by atoms with Crippen LogP contribution in [0.4, 0.5) is 10.5 Å². The van der Waals surface area contributed by atoms with E-state index in [4.69, 9.17) is 9.47 Å². The normalized spacial score (nSPS) is 17.9. The summed E-state index contributed by atoms with van der Waals surface area (Å²) in [5.41, 5.74) is 4.81. The molecular formula is C23H36N2O3. The summed E-state index contributed by atoms with van der Waals surface area (Å²) in [6.45, 7) is 16.7. The van der Waals surface area contributed by atoms with E-state index in [2.05, 4.69) is 31.7 Å². The Labute approximate surface area is 170 Å². The molecule has 1 atom stereocenters. The summed E-state index contributed by atoms with van der Waals surface area (Å²) in [7, 11) is 0. The van der Waals surface area contributed by atoms with Crippen molar-refractivity contribution in [2.75, 3.05) is 37.7 Å². The molecule has 0 bridgehead atoms. The molecule has 0 unspecified atom stereocenters. The summed E-state index contributed by atoms with van der Waals surface area (Å²) in [5.74, 6) is 1.67. The standard InChI is InChI=1S/C23H36N2O3/c1-7-16(2)15-25-12-13-27-20-14-18-8-10-24(22(26)28-23(4,5)6)11-9-19(18)17(3)21(20)25/h14,16H,7-13,15H2,1-6H3/t16-/m0/s1. The number of ether oxygens (including phenoxy) is 2. The molecule has 0 radical (unpaired) electrons. The number of hydrogen-bond acceptors (Lipinski definition) is 4. The summed E-state index contributed by atoms with van der Waals surface area (Å²) in [4.78, 5) is 16.9. The summed E-state index contributed by atoms with van der Waals surface area (Å²) in [6, 6.07) is 2.22. The highest BCUT2D eigenvalue weighted by Gasteiger charge is 2.29. The minimum Gasteiger partial charge on any atom is -0.490 e. The second-order valence-corrected chi connectivity index (χ2v) is 9.26. The molecular weight excluding hydrogens is 352 g/mol. The van der Waals surface area contributed by atoms with Gasteiger partial charge in [-0.3, -0.25) is 0 Å². The first-order valence-corrected chi connectivity index (χ1v) is 10.7. The largest absolute Gasteiger partial charge is 0.490 e. The number of nitrogens with zero attached hydrogens (tertiary/aromatic N) is 2. The lowest BCUT2D eigenvalue weighted by atomic mass is 9.94. The molecule has 1 amide bonds. The molecule has 0 spiro atoms. The molecule has 0 aromatic heterocycles. The number of benzene rings is 1. The monoisotopic (exact) mass is 388 g/mol. The fourth-order valence-corrected chi connectivity index (χ4v) is 4.14. The Balaban J connectivity index is 1.84. The Morgan fingerprint density at radius 1 is 1.25 bits per heavy atom. The van der Waals surface area contributed by atoms with Crippen LogP contribution in [-0.2, 0) is 17.6 Å². The van der Waals surface area contributed by atoms with Crippen LogP contribution in [0.5, 0.6) is 5.75 Å². The molecule has 2 aliphatic heterocycles. The van der Waals surface area contributed by atoms with Crippen molar-refractivity contribution in [3.8, 4) is 5.75 Å². The number of fused-ring (bicyclic) bond motifs is 2. The third kappa shape index (κ3) is 4.56. The molecule has 0 saturated carbocycles. The average molecular weight is 389 g/mol. The van der Waals surface area contributed by atoms with Crippen LogP contribution in [0.25, 0.3) is 0 Å². The molecule has 0 saturated heterocycles. The maximum atomic E-state index is 12.5. The van der Waals surface area contributed by atoms with Gasteiger partial charge in [-0.15, -0.1) is 0 Å². The van der Waals surface area contributed by atoms with E-state index in [1.54, 1.807) is 0 Å². The van der Waals surface area contributed by atoms with Gasteiger partial charge in [0.1, 0.15) is 18.0 Å². The predicted octanol–water partition coefficient (Wildman–Crippen LogP) is 4.58. The number of rotatable bonds is 3. The first kappa shape index (κ1) is 20.8. The average Bonchev–Trinajstić information content (AvgIpc) is 2.83. The van der Waals surface area contributed by atoms with Gasteiger partial charge in [0.2, 0.25) is 0 Å². The lowest BCUT2D eigenvalue weighted by molar-refractivity contribution is 0.0258. The van der Waals surface area contributed by atoms with E-state index in [1.807, 2.05) is 25.7 Å². The van der Waals surface area contributed by atoms with Crippen molar-refractivity contribution in [1.29, 1.82) is 0 Å². The highest BCUT2D eigenvalue weighted by Crippen LogP contribution is 2.40. The summed E-state index contributed by atoms with van der Waals surface area (Å²) in [5, 5.41) is 0. The van der Waals surface area contributed by atoms with Gasteiger partial charge in [0.25, 0.3) is 0 Å². The molecule has 0 N–H and O–H groups in total. The van der Waals surface area contributed by atoms with Gasteiger partial charge in [-0.05, 0) is 69.2 Å². The zero-order valence-corrected chi connectivity index (χ0v) is 18.4.